The number of nitrogens with zero attached hydrogens (tertiary/aromatic N) is 2. The van der Waals surface area contributed by atoms with Crippen LogP contribution < -0.4 is 10.6 Å². The third-order valence-electron chi connectivity index (χ3n) is 3.88. The van der Waals surface area contributed by atoms with E-state index < -0.39 is 0 Å². The number of hydrogen-bond acceptors (Lipinski definition) is 3. The Morgan fingerprint density at radius 3 is 2.78 bits per heavy atom. The predicted molar refractivity (Wildman–Crippen MR) is 72.6 cm³/mol. The van der Waals surface area contributed by atoms with Crippen molar-refractivity contribution in [3.8, 4) is 0 Å². The van der Waals surface area contributed by atoms with Gasteiger partial charge < -0.3 is 15.5 Å². The molecule has 1 aromatic carbocycles. The predicted octanol–water partition coefficient (Wildman–Crippen LogP) is 1.25. The summed E-state index contributed by atoms with van der Waals surface area (Å²) in [5.41, 5.74) is 9.04. The fourth-order valence-electron chi connectivity index (χ4n) is 2.88. The Morgan fingerprint density at radius 2 is 2.00 bits per heavy atom. The topological polar surface area (TPSA) is 49.6 Å². The van der Waals surface area contributed by atoms with Crippen LogP contribution in [0.2, 0.25) is 0 Å². The van der Waals surface area contributed by atoms with Crippen LogP contribution >= 0.6 is 0 Å². The molecule has 2 aliphatic rings. The van der Waals surface area contributed by atoms with Crippen LogP contribution in [0.1, 0.15) is 18.4 Å². The molecule has 4 nitrogen and oxygen atoms in total. The highest BCUT2D eigenvalue weighted by atomic mass is 16.2. The lowest BCUT2D eigenvalue weighted by Gasteiger charge is -2.23. The van der Waals surface area contributed by atoms with Gasteiger partial charge in [0, 0.05) is 31.0 Å². The van der Waals surface area contributed by atoms with E-state index in [2.05, 4.69) is 4.90 Å². The lowest BCUT2D eigenvalue weighted by Crippen LogP contribution is -2.38. The van der Waals surface area contributed by atoms with Crippen molar-refractivity contribution in [1.82, 2.24) is 4.90 Å². The van der Waals surface area contributed by atoms with Gasteiger partial charge in [0.2, 0.25) is 5.91 Å². The third-order valence-corrected chi connectivity index (χ3v) is 3.88. The van der Waals surface area contributed by atoms with Gasteiger partial charge in [-0.25, -0.2) is 0 Å². The maximum Gasteiger partial charge on any atom is 0.242 e. The Kier molecular flexibility index (Phi) is 2.86. The van der Waals surface area contributed by atoms with E-state index in [4.69, 9.17) is 5.73 Å². The Bertz CT molecular complexity index is 466. The van der Waals surface area contributed by atoms with Crippen LogP contribution in [0.4, 0.5) is 11.4 Å². The summed E-state index contributed by atoms with van der Waals surface area (Å²) in [5, 5.41) is 0. The zero-order valence-corrected chi connectivity index (χ0v) is 10.6. The highest BCUT2D eigenvalue weighted by Gasteiger charge is 2.24. The number of amides is 1. The molecule has 0 radical (unpaired) electrons. The van der Waals surface area contributed by atoms with Crippen LogP contribution in [0, 0.1) is 0 Å². The molecule has 96 valence electrons. The summed E-state index contributed by atoms with van der Waals surface area (Å²) >= 11 is 0. The number of likely N-dealkylation sites (tertiary alicyclic amines) is 1. The summed E-state index contributed by atoms with van der Waals surface area (Å²) in [5.74, 6) is 0.261. The van der Waals surface area contributed by atoms with E-state index >= 15 is 0 Å². The first-order valence-electron chi connectivity index (χ1n) is 6.65. The lowest BCUT2D eigenvalue weighted by molar-refractivity contribution is -0.128. The number of benzene rings is 1. The number of hydrogen-bond donors (Lipinski definition) is 1. The van der Waals surface area contributed by atoms with Crippen molar-refractivity contribution >= 4 is 17.3 Å². The average molecular weight is 245 g/mol. The Balaban J connectivity index is 1.70. The minimum atomic E-state index is 0.261. The van der Waals surface area contributed by atoms with Gasteiger partial charge in [0.1, 0.15) is 0 Å². The van der Waals surface area contributed by atoms with Crippen LogP contribution in [-0.2, 0) is 11.2 Å². The van der Waals surface area contributed by atoms with Crippen molar-refractivity contribution in [3.63, 3.8) is 0 Å². The van der Waals surface area contributed by atoms with Gasteiger partial charge in [0.25, 0.3) is 0 Å². The molecule has 2 N–H and O–H groups in total. The van der Waals surface area contributed by atoms with E-state index in [9.17, 15) is 4.79 Å². The number of fused-ring (bicyclic) bond motifs is 1. The Hall–Kier alpha value is -1.71. The molecular formula is C14H19N3O. The van der Waals surface area contributed by atoms with Crippen LogP contribution in [0.15, 0.2) is 18.2 Å². The van der Waals surface area contributed by atoms with Crippen molar-refractivity contribution in [2.45, 2.75) is 19.3 Å². The van der Waals surface area contributed by atoms with Gasteiger partial charge in [-0.3, -0.25) is 4.79 Å². The van der Waals surface area contributed by atoms with E-state index in [1.54, 1.807) is 0 Å². The molecule has 1 fully saturated rings. The summed E-state index contributed by atoms with van der Waals surface area (Å²) in [6.45, 7) is 3.30. The monoisotopic (exact) mass is 245 g/mol. The first-order chi connectivity index (χ1) is 8.74. The normalized spacial score (nSPS) is 18.2. The second-order valence-corrected chi connectivity index (χ2v) is 5.15. The molecule has 3 rings (SSSR count). The number of rotatable bonds is 2. The van der Waals surface area contributed by atoms with Gasteiger partial charge in [-0.05, 0) is 43.0 Å². The van der Waals surface area contributed by atoms with Crippen molar-refractivity contribution in [2.75, 3.05) is 36.8 Å². The molecule has 0 unspecified atom stereocenters. The standard InChI is InChI=1S/C14H19N3O/c15-12-3-4-13-11(9-12)5-8-17(13)10-14(18)16-6-1-2-7-16/h3-4,9H,1-2,5-8,10,15H2. The second kappa shape index (κ2) is 4.52. The van der Waals surface area contributed by atoms with E-state index in [-0.39, 0.29) is 5.91 Å². The molecule has 0 aliphatic carbocycles. The van der Waals surface area contributed by atoms with Crippen LogP contribution in [0.5, 0.6) is 0 Å². The second-order valence-electron chi connectivity index (χ2n) is 5.15. The Labute approximate surface area is 107 Å². The highest BCUT2D eigenvalue weighted by Crippen LogP contribution is 2.29. The summed E-state index contributed by atoms with van der Waals surface area (Å²) in [6.07, 6.45) is 3.30. The lowest BCUT2D eigenvalue weighted by atomic mass is 10.1. The van der Waals surface area contributed by atoms with Gasteiger partial charge in [-0.1, -0.05) is 0 Å². The largest absolute Gasteiger partial charge is 0.399 e. The summed E-state index contributed by atoms with van der Waals surface area (Å²) in [6, 6.07) is 5.97. The minimum absolute atomic E-state index is 0.261. The fourth-order valence-corrected chi connectivity index (χ4v) is 2.88. The minimum Gasteiger partial charge on any atom is -0.399 e. The molecule has 2 heterocycles. The Morgan fingerprint density at radius 1 is 1.22 bits per heavy atom. The van der Waals surface area contributed by atoms with Gasteiger partial charge in [0.15, 0.2) is 0 Å². The molecule has 18 heavy (non-hydrogen) atoms. The van der Waals surface area contributed by atoms with Crippen molar-refractivity contribution < 1.29 is 4.79 Å². The summed E-state index contributed by atoms with van der Waals surface area (Å²) in [7, 11) is 0. The van der Waals surface area contributed by atoms with Gasteiger partial charge in [-0.2, -0.15) is 0 Å². The van der Waals surface area contributed by atoms with Gasteiger partial charge >= 0.3 is 0 Å². The molecule has 0 bridgehead atoms. The number of nitrogen functional groups attached to an aromatic ring is 1. The molecule has 1 saturated heterocycles. The molecule has 1 amide bonds. The maximum absolute atomic E-state index is 12.1. The summed E-state index contributed by atoms with van der Waals surface area (Å²) in [4.78, 5) is 16.3. The molecule has 4 heteroatoms. The van der Waals surface area contributed by atoms with Crippen LogP contribution in [0.3, 0.4) is 0 Å². The van der Waals surface area contributed by atoms with Gasteiger partial charge in [-0.15, -0.1) is 0 Å². The van der Waals surface area contributed by atoms with E-state index in [0.29, 0.717) is 6.54 Å². The number of carbonyl (C=O) groups excluding carboxylic acids is 1. The van der Waals surface area contributed by atoms with Crippen molar-refractivity contribution in [3.05, 3.63) is 23.8 Å². The number of carbonyl (C=O) groups is 1. The van der Waals surface area contributed by atoms with Crippen LogP contribution in [-0.4, -0.2) is 37.0 Å². The van der Waals surface area contributed by atoms with Gasteiger partial charge in [0.05, 0.1) is 6.54 Å². The molecule has 0 saturated carbocycles. The quantitative estimate of drug-likeness (QED) is 0.798. The molecular weight excluding hydrogens is 226 g/mol. The maximum atomic E-state index is 12.1. The molecule has 2 aliphatic heterocycles. The average Bonchev–Trinajstić information content (AvgIpc) is 2.98. The first kappa shape index (κ1) is 11.4. The zero-order valence-electron chi connectivity index (χ0n) is 10.6. The molecule has 0 aromatic heterocycles. The summed E-state index contributed by atoms with van der Waals surface area (Å²) < 4.78 is 0. The fraction of sp³-hybridized carbons (Fsp3) is 0.500. The van der Waals surface area contributed by atoms with E-state index in [1.807, 2.05) is 23.1 Å². The first-order valence-corrected chi connectivity index (χ1v) is 6.65. The molecule has 0 spiro atoms. The SMILES string of the molecule is Nc1ccc2c(c1)CCN2CC(=O)N1CCCC1. The molecule has 0 atom stereocenters. The van der Waals surface area contributed by atoms with Crippen LogP contribution in [0.25, 0.3) is 0 Å². The van der Waals surface area contributed by atoms with Crippen molar-refractivity contribution in [1.29, 1.82) is 0 Å². The number of anilines is 2. The third kappa shape index (κ3) is 2.03. The van der Waals surface area contributed by atoms with E-state index in [0.717, 1.165) is 44.6 Å². The highest BCUT2D eigenvalue weighted by molar-refractivity contribution is 5.82. The smallest absolute Gasteiger partial charge is 0.242 e. The zero-order chi connectivity index (χ0) is 12.5. The van der Waals surface area contributed by atoms with Crippen molar-refractivity contribution in [2.24, 2.45) is 0 Å². The molecule has 1 aromatic rings. The number of nitrogens with two attached hydrogens (primary N) is 1. The van der Waals surface area contributed by atoms with E-state index in [1.165, 1.54) is 11.3 Å².